The van der Waals surface area contributed by atoms with Gasteiger partial charge >= 0.3 is 0 Å². The molecule has 1 aliphatic rings. The molecule has 1 N–H and O–H groups in total. The number of nitrogens with zero attached hydrogens (tertiary/aromatic N) is 1. The summed E-state index contributed by atoms with van der Waals surface area (Å²) < 4.78 is 0. The van der Waals surface area contributed by atoms with Crippen LogP contribution in [0.4, 0.5) is 0 Å². The molecule has 1 aliphatic carbocycles. The molecule has 0 aliphatic heterocycles. The molecule has 13 heavy (non-hydrogen) atoms. The molecular formula is C10H15NOS. The Kier molecular flexibility index (Phi) is 2.39. The van der Waals surface area contributed by atoms with Crippen molar-refractivity contribution in [3.05, 3.63) is 16.6 Å². The Bertz CT molecular complexity index is 272. The van der Waals surface area contributed by atoms with E-state index in [4.69, 9.17) is 0 Å². The summed E-state index contributed by atoms with van der Waals surface area (Å²) in [4.78, 5) is 5.07. The van der Waals surface area contributed by atoms with Gasteiger partial charge in [0.2, 0.25) is 0 Å². The highest BCUT2D eigenvalue weighted by molar-refractivity contribution is 7.09. The maximum Gasteiger partial charge on any atom is 0.101 e. The first kappa shape index (κ1) is 9.16. The molecule has 0 radical (unpaired) electrons. The second-order valence-corrected chi connectivity index (χ2v) is 4.80. The lowest BCUT2D eigenvalue weighted by Crippen LogP contribution is -2.20. The van der Waals surface area contributed by atoms with Crippen molar-refractivity contribution in [2.24, 2.45) is 5.92 Å². The first-order valence-corrected chi connectivity index (χ1v) is 5.74. The Morgan fingerprint density at radius 1 is 1.77 bits per heavy atom. The highest BCUT2D eigenvalue weighted by Crippen LogP contribution is 2.44. The summed E-state index contributed by atoms with van der Waals surface area (Å²) in [6.07, 6.45) is 5.98. The van der Waals surface area contributed by atoms with Gasteiger partial charge in [0.05, 0.1) is 10.4 Å². The van der Waals surface area contributed by atoms with Crippen LogP contribution in [0.25, 0.3) is 0 Å². The third-order valence-electron chi connectivity index (χ3n) is 3.06. The van der Waals surface area contributed by atoms with Crippen LogP contribution in [0.5, 0.6) is 0 Å². The summed E-state index contributed by atoms with van der Waals surface area (Å²) in [5, 5.41) is 10.3. The van der Waals surface area contributed by atoms with Crippen molar-refractivity contribution in [3.63, 3.8) is 0 Å². The number of thiazole rings is 1. The molecule has 2 nitrogen and oxygen atoms in total. The quantitative estimate of drug-likeness (QED) is 0.790. The van der Waals surface area contributed by atoms with E-state index in [1.165, 1.54) is 6.42 Å². The first-order valence-electron chi connectivity index (χ1n) is 4.86. The molecule has 1 saturated carbocycles. The molecule has 2 rings (SSSR count). The SMILES string of the molecule is CCC1CCC(O)(c2cncs2)C1. The van der Waals surface area contributed by atoms with E-state index in [9.17, 15) is 5.11 Å². The molecule has 1 fully saturated rings. The van der Waals surface area contributed by atoms with E-state index in [2.05, 4.69) is 11.9 Å². The Hall–Kier alpha value is -0.410. The van der Waals surface area contributed by atoms with Crippen molar-refractivity contribution >= 4 is 11.3 Å². The van der Waals surface area contributed by atoms with Crippen molar-refractivity contribution in [1.29, 1.82) is 0 Å². The minimum atomic E-state index is -0.554. The van der Waals surface area contributed by atoms with Gasteiger partial charge in [-0.05, 0) is 25.2 Å². The standard InChI is InChI=1S/C10H15NOS/c1-2-8-3-4-10(12,5-8)9-6-11-7-13-9/h6-8,12H,2-5H2,1H3. The highest BCUT2D eigenvalue weighted by Gasteiger charge is 2.38. The molecular weight excluding hydrogens is 182 g/mol. The van der Waals surface area contributed by atoms with Crippen LogP contribution in [0.1, 0.15) is 37.5 Å². The van der Waals surface area contributed by atoms with Gasteiger partial charge in [0.15, 0.2) is 0 Å². The largest absolute Gasteiger partial charge is 0.384 e. The maximum atomic E-state index is 10.3. The molecule has 2 unspecified atom stereocenters. The molecule has 0 bridgehead atoms. The first-order chi connectivity index (χ1) is 6.24. The Morgan fingerprint density at radius 3 is 3.15 bits per heavy atom. The summed E-state index contributed by atoms with van der Waals surface area (Å²) in [6, 6.07) is 0. The number of hydrogen-bond acceptors (Lipinski definition) is 3. The van der Waals surface area contributed by atoms with E-state index >= 15 is 0 Å². The minimum Gasteiger partial charge on any atom is -0.384 e. The fourth-order valence-corrected chi connectivity index (χ4v) is 2.90. The van der Waals surface area contributed by atoms with Crippen LogP contribution in [0.3, 0.4) is 0 Å². The molecule has 1 aromatic heterocycles. The zero-order valence-corrected chi connectivity index (χ0v) is 8.68. The average Bonchev–Trinajstić information content (AvgIpc) is 2.72. The van der Waals surface area contributed by atoms with Gasteiger partial charge in [0, 0.05) is 6.20 Å². The van der Waals surface area contributed by atoms with E-state index in [1.807, 2.05) is 6.20 Å². The normalized spacial score (nSPS) is 33.8. The maximum absolute atomic E-state index is 10.3. The van der Waals surface area contributed by atoms with Crippen LogP contribution in [0.2, 0.25) is 0 Å². The smallest absolute Gasteiger partial charge is 0.101 e. The zero-order valence-electron chi connectivity index (χ0n) is 7.86. The van der Waals surface area contributed by atoms with Crippen LogP contribution in [-0.4, -0.2) is 10.1 Å². The van der Waals surface area contributed by atoms with E-state index in [-0.39, 0.29) is 0 Å². The molecule has 2 atom stereocenters. The lowest BCUT2D eigenvalue weighted by Gasteiger charge is -2.20. The van der Waals surface area contributed by atoms with Gasteiger partial charge < -0.3 is 5.11 Å². The van der Waals surface area contributed by atoms with Crippen LogP contribution in [0.15, 0.2) is 11.7 Å². The van der Waals surface area contributed by atoms with Gasteiger partial charge in [-0.1, -0.05) is 13.3 Å². The average molecular weight is 197 g/mol. The van der Waals surface area contributed by atoms with Crippen LogP contribution in [-0.2, 0) is 5.60 Å². The molecule has 0 amide bonds. The van der Waals surface area contributed by atoms with Gasteiger partial charge in [-0.25, -0.2) is 0 Å². The Balaban J connectivity index is 2.15. The summed E-state index contributed by atoms with van der Waals surface area (Å²) in [5.41, 5.74) is 1.24. The van der Waals surface area contributed by atoms with E-state index in [0.29, 0.717) is 5.92 Å². The van der Waals surface area contributed by atoms with Gasteiger partial charge in [0.1, 0.15) is 5.60 Å². The summed E-state index contributed by atoms with van der Waals surface area (Å²) in [6.45, 7) is 2.20. The zero-order chi connectivity index (χ0) is 9.31. The summed E-state index contributed by atoms with van der Waals surface area (Å²) in [7, 11) is 0. The van der Waals surface area contributed by atoms with Crippen LogP contribution >= 0.6 is 11.3 Å². The lowest BCUT2D eigenvalue weighted by atomic mass is 9.98. The fraction of sp³-hybridized carbons (Fsp3) is 0.700. The molecule has 1 heterocycles. The predicted molar refractivity (Wildman–Crippen MR) is 53.6 cm³/mol. The van der Waals surface area contributed by atoms with Gasteiger partial charge in [-0.2, -0.15) is 0 Å². The number of rotatable bonds is 2. The molecule has 72 valence electrons. The number of aromatic nitrogens is 1. The van der Waals surface area contributed by atoms with Gasteiger partial charge in [-0.3, -0.25) is 4.98 Å². The molecule has 3 heteroatoms. The van der Waals surface area contributed by atoms with Crippen molar-refractivity contribution in [3.8, 4) is 0 Å². The molecule has 1 aromatic rings. The third kappa shape index (κ3) is 1.63. The molecule has 0 spiro atoms. The third-order valence-corrected chi connectivity index (χ3v) is 4.03. The molecule has 0 saturated heterocycles. The molecule has 0 aromatic carbocycles. The highest BCUT2D eigenvalue weighted by atomic mass is 32.1. The second-order valence-electron chi connectivity index (χ2n) is 3.91. The van der Waals surface area contributed by atoms with Gasteiger partial charge in [-0.15, -0.1) is 11.3 Å². The number of aliphatic hydroxyl groups is 1. The van der Waals surface area contributed by atoms with Gasteiger partial charge in [0.25, 0.3) is 0 Å². The van der Waals surface area contributed by atoms with Crippen molar-refractivity contribution in [1.82, 2.24) is 4.98 Å². The second kappa shape index (κ2) is 3.39. The van der Waals surface area contributed by atoms with Crippen molar-refractivity contribution in [2.75, 3.05) is 0 Å². The van der Waals surface area contributed by atoms with E-state index in [1.54, 1.807) is 16.8 Å². The van der Waals surface area contributed by atoms with Crippen LogP contribution < -0.4 is 0 Å². The topological polar surface area (TPSA) is 33.1 Å². The minimum absolute atomic E-state index is 0.554. The Labute approximate surface area is 82.6 Å². The predicted octanol–water partition coefficient (Wildman–Crippen LogP) is 2.54. The monoisotopic (exact) mass is 197 g/mol. The Morgan fingerprint density at radius 2 is 2.62 bits per heavy atom. The van der Waals surface area contributed by atoms with E-state index < -0.39 is 5.60 Å². The fourth-order valence-electron chi connectivity index (χ4n) is 2.14. The van der Waals surface area contributed by atoms with E-state index in [0.717, 1.165) is 24.1 Å². The van der Waals surface area contributed by atoms with Crippen LogP contribution in [0, 0.1) is 5.92 Å². The summed E-state index contributed by atoms with van der Waals surface area (Å²) in [5.74, 6) is 0.701. The van der Waals surface area contributed by atoms with Crippen molar-refractivity contribution in [2.45, 2.75) is 38.2 Å². The van der Waals surface area contributed by atoms with Crippen molar-refractivity contribution < 1.29 is 5.11 Å². The summed E-state index contributed by atoms with van der Waals surface area (Å²) >= 11 is 1.57. The number of hydrogen-bond donors (Lipinski definition) is 1. The lowest BCUT2D eigenvalue weighted by molar-refractivity contribution is 0.0434.